The number of hydrogen-bond donors (Lipinski definition) is 1. The molecule has 1 aromatic heterocycles. The molecule has 3 aromatic rings. The van der Waals surface area contributed by atoms with Crippen LogP contribution in [0.15, 0.2) is 60.0 Å². The van der Waals surface area contributed by atoms with E-state index in [0.29, 0.717) is 13.0 Å². The molecule has 0 bridgehead atoms. The summed E-state index contributed by atoms with van der Waals surface area (Å²) in [5, 5.41) is 4.92. The van der Waals surface area contributed by atoms with E-state index in [1.54, 1.807) is 23.5 Å². The van der Waals surface area contributed by atoms with Crippen LogP contribution in [0.2, 0.25) is 0 Å². The number of carbonyl (C=O) groups is 1. The van der Waals surface area contributed by atoms with Crippen molar-refractivity contribution in [2.75, 3.05) is 5.32 Å². The van der Waals surface area contributed by atoms with Gasteiger partial charge in [0.2, 0.25) is 5.91 Å². The Labute approximate surface area is 149 Å². The van der Waals surface area contributed by atoms with Gasteiger partial charge in [0.15, 0.2) is 0 Å². The molecule has 1 aliphatic heterocycles. The molecule has 0 saturated heterocycles. The Morgan fingerprint density at radius 2 is 1.84 bits per heavy atom. The number of halogens is 1. The van der Waals surface area contributed by atoms with E-state index in [-0.39, 0.29) is 17.6 Å². The third-order valence-electron chi connectivity index (χ3n) is 4.28. The first-order chi connectivity index (χ1) is 12.2. The van der Waals surface area contributed by atoms with Gasteiger partial charge in [-0.3, -0.25) is 4.79 Å². The van der Waals surface area contributed by atoms with E-state index >= 15 is 0 Å². The van der Waals surface area contributed by atoms with Crippen LogP contribution in [-0.4, -0.2) is 5.91 Å². The lowest BCUT2D eigenvalue weighted by Crippen LogP contribution is -2.21. The van der Waals surface area contributed by atoms with Crippen LogP contribution in [0.4, 0.5) is 10.1 Å². The molecule has 25 heavy (non-hydrogen) atoms. The predicted molar refractivity (Wildman–Crippen MR) is 96.6 cm³/mol. The van der Waals surface area contributed by atoms with Crippen LogP contribution < -0.4 is 10.1 Å². The molecule has 1 unspecified atom stereocenters. The highest BCUT2D eigenvalue weighted by atomic mass is 32.1. The van der Waals surface area contributed by atoms with E-state index in [4.69, 9.17) is 4.74 Å². The van der Waals surface area contributed by atoms with Crippen molar-refractivity contribution in [3.8, 4) is 5.75 Å². The van der Waals surface area contributed by atoms with E-state index in [2.05, 4.69) is 5.32 Å². The smallest absolute Gasteiger partial charge is 0.225 e. The van der Waals surface area contributed by atoms with Gasteiger partial charge in [-0.05, 0) is 46.8 Å². The summed E-state index contributed by atoms with van der Waals surface area (Å²) in [6, 6.07) is 16.1. The molecular formula is C20H16FNO2S. The molecule has 0 radical (unpaired) electrons. The summed E-state index contributed by atoms with van der Waals surface area (Å²) < 4.78 is 18.7. The summed E-state index contributed by atoms with van der Waals surface area (Å²) in [6.07, 6.45) is 0.462. The van der Waals surface area contributed by atoms with Crippen LogP contribution in [0.5, 0.6) is 5.75 Å². The maximum absolute atomic E-state index is 12.9. The van der Waals surface area contributed by atoms with Crippen LogP contribution >= 0.6 is 11.3 Å². The van der Waals surface area contributed by atoms with Gasteiger partial charge in [-0.1, -0.05) is 24.3 Å². The average molecular weight is 353 g/mol. The lowest BCUT2D eigenvalue weighted by atomic mass is 9.91. The van der Waals surface area contributed by atoms with E-state index in [1.807, 2.05) is 35.7 Å². The van der Waals surface area contributed by atoms with Gasteiger partial charge in [0.1, 0.15) is 18.2 Å². The summed E-state index contributed by atoms with van der Waals surface area (Å²) in [5.74, 6) is 0.639. The van der Waals surface area contributed by atoms with Crippen LogP contribution in [0, 0.1) is 5.82 Å². The lowest BCUT2D eigenvalue weighted by molar-refractivity contribution is -0.116. The second kappa shape index (κ2) is 6.69. The summed E-state index contributed by atoms with van der Waals surface area (Å²) in [6.45, 7) is 0.389. The largest absolute Gasteiger partial charge is 0.489 e. The minimum Gasteiger partial charge on any atom is -0.489 e. The number of fused-ring (bicyclic) bond motifs is 1. The quantitative estimate of drug-likeness (QED) is 0.721. The number of ether oxygens (including phenoxy) is 1. The molecule has 3 nitrogen and oxygen atoms in total. The topological polar surface area (TPSA) is 38.3 Å². The van der Waals surface area contributed by atoms with Crippen LogP contribution in [0.3, 0.4) is 0 Å². The molecule has 5 heteroatoms. The monoisotopic (exact) mass is 353 g/mol. The second-order valence-corrected chi connectivity index (χ2v) is 6.94. The van der Waals surface area contributed by atoms with Gasteiger partial charge in [0, 0.05) is 17.2 Å². The molecule has 1 aliphatic rings. The van der Waals surface area contributed by atoms with E-state index in [1.165, 1.54) is 17.0 Å². The zero-order chi connectivity index (χ0) is 17.2. The van der Waals surface area contributed by atoms with E-state index in [9.17, 15) is 9.18 Å². The number of anilines is 1. The second-order valence-electron chi connectivity index (χ2n) is 5.99. The molecule has 126 valence electrons. The molecule has 1 N–H and O–H groups in total. The molecule has 0 saturated carbocycles. The maximum atomic E-state index is 12.9. The standard InChI is InChI=1S/C20H16FNO2S/c21-15-5-1-13(2-6-15)12-24-16-7-3-14(4-8-16)17-11-19(23)22-18-9-10-25-20(17)18/h1-10,17H,11-12H2,(H,22,23). The fourth-order valence-electron chi connectivity index (χ4n) is 2.99. The van der Waals surface area contributed by atoms with Gasteiger partial charge in [-0.15, -0.1) is 11.3 Å². The minimum atomic E-state index is -0.252. The van der Waals surface area contributed by atoms with Crippen molar-refractivity contribution in [1.29, 1.82) is 0 Å². The molecule has 0 fully saturated rings. The first kappa shape index (κ1) is 15.8. The average Bonchev–Trinajstić information content (AvgIpc) is 3.09. The lowest BCUT2D eigenvalue weighted by Gasteiger charge is -2.23. The minimum absolute atomic E-state index is 0.0486. The number of nitrogens with one attached hydrogen (secondary N) is 1. The third-order valence-corrected chi connectivity index (χ3v) is 5.31. The van der Waals surface area contributed by atoms with Crippen molar-refractivity contribution >= 4 is 22.9 Å². The Hall–Kier alpha value is -2.66. The summed E-state index contributed by atoms with van der Waals surface area (Å²) in [5.41, 5.74) is 2.94. The third kappa shape index (κ3) is 3.42. The highest BCUT2D eigenvalue weighted by molar-refractivity contribution is 7.10. The van der Waals surface area contributed by atoms with Crippen LogP contribution in [0.1, 0.15) is 28.3 Å². The van der Waals surface area contributed by atoms with Gasteiger partial charge in [0.25, 0.3) is 0 Å². The zero-order valence-electron chi connectivity index (χ0n) is 13.4. The highest BCUT2D eigenvalue weighted by Crippen LogP contribution is 2.40. The first-order valence-electron chi connectivity index (χ1n) is 8.03. The summed E-state index contributed by atoms with van der Waals surface area (Å²) in [4.78, 5) is 13.1. The molecule has 2 aromatic carbocycles. The molecule has 1 amide bonds. The van der Waals surface area contributed by atoms with Gasteiger partial charge >= 0.3 is 0 Å². The number of carbonyl (C=O) groups excluding carboxylic acids is 1. The van der Waals surface area contributed by atoms with Crippen molar-refractivity contribution < 1.29 is 13.9 Å². The Bertz CT molecular complexity index is 887. The van der Waals surface area contributed by atoms with Crippen molar-refractivity contribution in [3.63, 3.8) is 0 Å². The molecule has 4 rings (SSSR count). The molecule has 1 atom stereocenters. The summed E-state index contributed by atoms with van der Waals surface area (Å²) >= 11 is 1.67. The predicted octanol–water partition coefficient (Wildman–Crippen LogP) is 4.94. The SMILES string of the molecule is O=C1CC(c2ccc(OCc3ccc(F)cc3)cc2)c2sccc2N1. The van der Waals surface area contributed by atoms with Gasteiger partial charge in [-0.25, -0.2) is 4.39 Å². The van der Waals surface area contributed by atoms with E-state index in [0.717, 1.165) is 22.6 Å². The number of rotatable bonds is 4. The molecule has 0 spiro atoms. The molecular weight excluding hydrogens is 337 g/mol. The Morgan fingerprint density at radius 1 is 1.08 bits per heavy atom. The maximum Gasteiger partial charge on any atom is 0.225 e. The number of benzene rings is 2. The van der Waals surface area contributed by atoms with Gasteiger partial charge < -0.3 is 10.1 Å². The Kier molecular flexibility index (Phi) is 4.24. The fraction of sp³-hybridized carbons (Fsp3) is 0.150. The Balaban J connectivity index is 1.47. The first-order valence-corrected chi connectivity index (χ1v) is 8.91. The van der Waals surface area contributed by atoms with Gasteiger partial charge in [0.05, 0.1) is 5.69 Å². The highest BCUT2D eigenvalue weighted by Gasteiger charge is 2.27. The Morgan fingerprint density at radius 3 is 2.60 bits per heavy atom. The van der Waals surface area contributed by atoms with Crippen molar-refractivity contribution in [1.82, 2.24) is 0 Å². The van der Waals surface area contributed by atoms with E-state index < -0.39 is 0 Å². The number of thiophene rings is 1. The normalized spacial score (nSPS) is 16.2. The molecule has 2 heterocycles. The fourth-order valence-corrected chi connectivity index (χ4v) is 3.97. The van der Waals surface area contributed by atoms with Crippen molar-refractivity contribution in [2.24, 2.45) is 0 Å². The van der Waals surface area contributed by atoms with Crippen molar-refractivity contribution in [2.45, 2.75) is 18.9 Å². The molecule has 0 aliphatic carbocycles. The zero-order valence-corrected chi connectivity index (χ0v) is 14.2. The van der Waals surface area contributed by atoms with Crippen molar-refractivity contribution in [3.05, 3.63) is 81.8 Å². The van der Waals surface area contributed by atoms with Crippen LogP contribution in [-0.2, 0) is 11.4 Å². The van der Waals surface area contributed by atoms with Crippen LogP contribution in [0.25, 0.3) is 0 Å². The number of hydrogen-bond acceptors (Lipinski definition) is 3. The number of amides is 1. The van der Waals surface area contributed by atoms with Gasteiger partial charge in [-0.2, -0.15) is 0 Å². The summed E-state index contributed by atoms with van der Waals surface area (Å²) in [7, 11) is 0.